The lowest BCUT2D eigenvalue weighted by Gasteiger charge is -2.03. The van der Waals surface area contributed by atoms with Crippen molar-refractivity contribution in [1.82, 2.24) is 9.97 Å². The second-order valence-corrected chi connectivity index (χ2v) is 4.42. The van der Waals surface area contributed by atoms with Gasteiger partial charge in [-0.15, -0.1) is 0 Å². The van der Waals surface area contributed by atoms with Crippen LogP contribution in [-0.4, -0.2) is 26.8 Å². The van der Waals surface area contributed by atoms with Crippen molar-refractivity contribution in [3.05, 3.63) is 59.7 Å². The highest BCUT2D eigenvalue weighted by Gasteiger charge is 2.12. The number of Topliss-reactive ketones (excluding diaryl/α,β-unsaturated/α-hetero) is 1. The van der Waals surface area contributed by atoms with E-state index in [1.54, 1.807) is 24.7 Å². The van der Waals surface area contributed by atoms with Crippen LogP contribution in [0.2, 0.25) is 0 Å². The number of carbonyl (C=O) groups excluding carboxylic acids is 1. The Bertz CT molecular complexity index is 594. The number of carboxylic acid groups (broad SMARTS) is 1. The van der Waals surface area contributed by atoms with Gasteiger partial charge in [-0.05, 0) is 42.2 Å². The molecule has 2 aromatic heterocycles. The summed E-state index contributed by atoms with van der Waals surface area (Å²) in [5.74, 6) is -2.27. The number of hydrogen-bond donors (Lipinski definition) is 1. The van der Waals surface area contributed by atoms with Crippen molar-refractivity contribution in [2.75, 3.05) is 0 Å². The second-order valence-electron chi connectivity index (χ2n) is 4.42. The summed E-state index contributed by atoms with van der Waals surface area (Å²) in [4.78, 5) is 29.6. The molecule has 2 rings (SSSR count). The van der Waals surface area contributed by atoms with Crippen LogP contribution in [0.4, 0.5) is 0 Å². The van der Waals surface area contributed by atoms with Gasteiger partial charge in [-0.1, -0.05) is 6.07 Å². The minimum absolute atomic E-state index is 0.167. The zero-order valence-electron chi connectivity index (χ0n) is 10.8. The molecule has 0 saturated carbocycles. The Hall–Kier alpha value is -2.56. The minimum atomic E-state index is -1.42. The number of pyridine rings is 2. The molecule has 0 aliphatic rings. The Morgan fingerprint density at radius 2 is 1.70 bits per heavy atom. The van der Waals surface area contributed by atoms with Gasteiger partial charge in [0.05, 0.1) is 6.42 Å². The molecular formula is C15H14N2O3. The molecular weight excluding hydrogens is 256 g/mol. The van der Waals surface area contributed by atoms with Crippen LogP contribution in [-0.2, 0) is 28.9 Å². The predicted octanol–water partition coefficient (Wildman–Crippen LogP) is 1.46. The fourth-order valence-corrected chi connectivity index (χ4v) is 1.79. The molecule has 2 heterocycles. The van der Waals surface area contributed by atoms with E-state index in [4.69, 9.17) is 5.11 Å². The molecule has 0 spiro atoms. The number of hydrogen-bond acceptors (Lipinski definition) is 4. The maximum absolute atomic E-state index is 11.1. The number of nitrogens with zero attached hydrogens (tertiary/aromatic N) is 2. The second kappa shape index (κ2) is 6.56. The van der Waals surface area contributed by atoms with Crippen LogP contribution in [0, 0.1) is 0 Å². The monoisotopic (exact) mass is 270 g/mol. The lowest BCUT2D eigenvalue weighted by molar-refractivity contribution is -0.148. The quantitative estimate of drug-likeness (QED) is 0.804. The van der Waals surface area contributed by atoms with Crippen LogP contribution in [0.25, 0.3) is 0 Å². The molecule has 5 nitrogen and oxygen atoms in total. The highest BCUT2D eigenvalue weighted by atomic mass is 16.4. The molecule has 102 valence electrons. The molecule has 0 aliphatic heterocycles. The van der Waals surface area contributed by atoms with Crippen LogP contribution < -0.4 is 0 Å². The van der Waals surface area contributed by atoms with Crippen LogP contribution in [0.3, 0.4) is 0 Å². The maximum Gasteiger partial charge on any atom is 0.372 e. The van der Waals surface area contributed by atoms with Gasteiger partial charge in [0.15, 0.2) is 0 Å². The Morgan fingerprint density at radius 1 is 1.00 bits per heavy atom. The van der Waals surface area contributed by atoms with E-state index in [9.17, 15) is 9.59 Å². The smallest absolute Gasteiger partial charge is 0.372 e. The summed E-state index contributed by atoms with van der Waals surface area (Å²) in [6.45, 7) is 0. The van der Waals surface area contributed by atoms with Gasteiger partial charge >= 0.3 is 5.97 Å². The van der Waals surface area contributed by atoms with E-state index >= 15 is 0 Å². The number of aliphatic carboxylic acids is 1. The molecule has 0 amide bonds. The first-order valence-electron chi connectivity index (χ1n) is 6.24. The Morgan fingerprint density at radius 3 is 2.30 bits per heavy atom. The van der Waals surface area contributed by atoms with E-state index in [0.29, 0.717) is 5.69 Å². The molecule has 5 heteroatoms. The summed E-state index contributed by atoms with van der Waals surface area (Å²) in [6, 6.07) is 7.50. The average Bonchev–Trinajstić information content (AvgIpc) is 2.47. The van der Waals surface area contributed by atoms with Crippen molar-refractivity contribution >= 4 is 11.8 Å². The standard InChI is InChI=1S/C15H14N2O3/c18-14(15(19)20)9-13-4-3-12(10-17-13)2-1-11-5-7-16-8-6-11/h3-8,10H,1-2,9H2,(H,19,20). The van der Waals surface area contributed by atoms with Gasteiger partial charge < -0.3 is 5.11 Å². The Labute approximate surface area is 116 Å². The summed E-state index contributed by atoms with van der Waals surface area (Å²) >= 11 is 0. The molecule has 1 N–H and O–H groups in total. The average molecular weight is 270 g/mol. The van der Waals surface area contributed by atoms with Crippen molar-refractivity contribution in [2.24, 2.45) is 0 Å². The molecule has 0 aliphatic carbocycles. The van der Waals surface area contributed by atoms with Gasteiger partial charge in [0.25, 0.3) is 0 Å². The third-order valence-corrected chi connectivity index (χ3v) is 2.92. The third-order valence-electron chi connectivity index (χ3n) is 2.92. The van der Waals surface area contributed by atoms with Gasteiger partial charge in [-0.2, -0.15) is 0 Å². The first-order valence-corrected chi connectivity index (χ1v) is 6.24. The Kier molecular flexibility index (Phi) is 4.55. The van der Waals surface area contributed by atoms with Crippen LogP contribution in [0.5, 0.6) is 0 Å². The summed E-state index contributed by atoms with van der Waals surface area (Å²) in [5.41, 5.74) is 2.73. The van der Waals surface area contributed by atoms with Gasteiger partial charge in [0.2, 0.25) is 5.78 Å². The van der Waals surface area contributed by atoms with Crippen molar-refractivity contribution in [3.63, 3.8) is 0 Å². The fraction of sp³-hybridized carbons (Fsp3) is 0.200. The topological polar surface area (TPSA) is 80.1 Å². The van der Waals surface area contributed by atoms with Gasteiger partial charge in [0.1, 0.15) is 0 Å². The molecule has 2 aromatic rings. The van der Waals surface area contributed by atoms with Gasteiger partial charge in [0, 0.05) is 24.3 Å². The highest BCUT2D eigenvalue weighted by molar-refractivity contribution is 6.33. The van der Waals surface area contributed by atoms with Gasteiger partial charge in [-0.25, -0.2) is 4.79 Å². The maximum atomic E-state index is 11.1. The fourth-order valence-electron chi connectivity index (χ4n) is 1.79. The third kappa shape index (κ3) is 3.98. The molecule has 0 bridgehead atoms. The summed E-state index contributed by atoms with van der Waals surface area (Å²) in [6.07, 6.45) is 6.76. The lowest BCUT2D eigenvalue weighted by atomic mass is 10.1. The van der Waals surface area contributed by atoms with E-state index in [-0.39, 0.29) is 6.42 Å². The van der Waals surface area contributed by atoms with E-state index in [0.717, 1.165) is 18.4 Å². The molecule has 0 aromatic carbocycles. The van der Waals surface area contributed by atoms with Crippen molar-refractivity contribution in [1.29, 1.82) is 0 Å². The molecule has 0 saturated heterocycles. The Balaban J connectivity index is 1.91. The largest absolute Gasteiger partial charge is 0.475 e. The zero-order valence-corrected chi connectivity index (χ0v) is 10.8. The summed E-state index contributed by atoms with van der Waals surface area (Å²) in [5, 5.41) is 8.53. The van der Waals surface area contributed by atoms with Crippen LogP contribution >= 0.6 is 0 Å². The van der Waals surface area contributed by atoms with Crippen molar-refractivity contribution in [2.45, 2.75) is 19.3 Å². The number of aromatic nitrogens is 2. The number of carboxylic acids is 1. The number of ketones is 1. The number of aryl methyl sites for hydroxylation is 2. The number of rotatable bonds is 6. The molecule has 0 atom stereocenters. The van der Waals surface area contributed by atoms with E-state index in [2.05, 4.69) is 9.97 Å². The van der Waals surface area contributed by atoms with Crippen LogP contribution in [0.1, 0.15) is 16.8 Å². The summed E-state index contributed by atoms with van der Waals surface area (Å²) < 4.78 is 0. The van der Waals surface area contributed by atoms with E-state index < -0.39 is 11.8 Å². The SMILES string of the molecule is O=C(O)C(=O)Cc1ccc(CCc2ccncc2)cn1. The zero-order chi connectivity index (χ0) is 14.4. The lowest BCUT2D eigenvalue weighted by Crippen LogP contribution is -2.15. The van der Waals surface area contributed by atoms with Crippen molar-refractivity contribution < 1.29 is 14.7 Å². The molecule has 0 fully saturated rings. The van der Waals surface area contributed by atoms with Gasteiger partial charge in [-0.3, -0.25) is 14.8 Å². The normalized spacial score (nSPS) is 10.2. The molecule has 20 heavy (non-hydrogen) atoms. The van der Waals surface area contributed by atoms with E-state index in [1.165, 1.54) is 5.56 Å². The van der Waals surface area contributed by atoms with Crippen LogP contribution in [0.15, 0.2) is 42.9 Å². The molecule has 0 radical (unpaired) electrons. The minimum Gasteiger partial charge on any atom is -0.475 e. The first-order chi connectivity index (χ1) is 9.65. The highest BCUT2D eigenvalue weighted by Crippen LogP contribution is 2.07. The van der Waals surface area contributed by atoms with Crippen molar-refractivity contribution in [3.8, 4) is 0 Å². The number of carbonyl (C=O) groups is 2. The predicted molar refractivity (Wildman–Crippen MR) is 72.2 cm³/mol. The van der Waals surface area contributed by atoms with E-state index in [1.807, 2.05) is 18.2 Å². The molecule has 0 unspecified atom stereocenters. The summed E-state index contributed by atoms with van der Waals surface area (Å²) in [7, 11) is 0. The first kappa shape index (κ1) is 13.9.